The summed E-state index contributed by atoms with van der Waals surface area (Å²) in [6.45, 7) is 5.77. The molecule has 1 saturated carbocycles. The molecule has 1 aliphatic heterocycles. The molecule has 1 saturated heterocycles. The van der Waals surface area contributed by atoms with Gasteiger partial charge in [0.1, 0.15) is 5.82 Å². The lowest BCUT2D eigenvalue weighted by Crippen LogP contribution is -2.40. The van der Waals surface area contributed by atoms with Crippen LogP contribution < -0.4 is 10.6 Å². The Hall–Kier alpha value is -1.66. The third-order valence-corrected chi connectivity index (χ3v) is 4.64. The van der Waals surface area contributed by atoms with E-state index in [-0.39, 0.29) is 29.7 Å². The first-order valence-corrected chi connectivity index (χ1v) is 8.53. The predicted octanol–water partition coefficient (Wildman–Crippen LogP) is 2.77. The van der Waals surface area contributed by atoms with Crippen molar-refractivity contribution in [2.24, 2.45) is 5.92 Å². The highest BCUT2D eigenvalue weighted by molar-refractivity contribution is 5.74. The van der Waals surface area contributed by atoms with Crippen LogP contribution in [0.1, 0.15) is 38.2 Å². The number of ether oxygens (including phenoxy) is 2. The van der Waals surface area contributed by atoms with E-state index >= 15 is 0 Å². The molecule has 2 amide bonds. The number of nitrogens with one attached hydrogen (secondary N) is 2. The Morgan fingerprint density at radius 1 is 1.38 bits per heavy atom. The zero-order chi connectivity index (χ0) is 17.2. The lowest BCUT2D eigenvalue weighted by atomic mass is 10.0. The van der Waals surface area contributed by atoms with Crippen LogP contribution in [0.2, 0.25) is 0 Å². The Bertz CT molecular complexity index is 589. The minimum Gasteiger partial charge on any atom is -0.348 e. The summed E-state index contributed by atoms with van der Waals surface area (Å²) >= 11 is 0. The number of hydrogen-bond donors (Lipinski definition) is 2. The van der Waals surface area contributed by atoms with E-state index in [0.717, 1.165) is 12.8 Å². The fourth-order valence-electron chi connectivity index (χ4n) is 3.34. The van der Waals surface area contributed by atoms with Crippen LogP contribution in [0.4, 0.5) is 9.18 Å². The summed E-state index contributed by atoms with van der Waals surface area (Å²) in [6, 6.07) is 6.55. The number of halogens is 1. The standard InChI is InChI=1S/C18H25FN2O3/c1-12(10-18(2)23-7-8-24-18)11-20-17(22)21-16-9-14(16)13-5-3-4-6-15(13)19/h3-6,12,14,16H,7-11H2,1-2H3,(H2,20,21,22). The van der Waals surface area contributed by atoms with Crippen molar-refractivity contribution in [3.8, 4) is 0 Å². The molecule has 0 aromatic heterocycles. The monoisotopic (exact) mass is 336 g/mol. The highest BCUT2D eigenvalue weighted by atomic mass is 19.1. The van der Waals surface area contributed by atoms with Crippen molar-refractivity contribution in [1.29, 1.82) is 0 Å². The summed E-state index contributed by atoms with van der Waals surface area (Å²) in [6.07, 6.45) is 1.51. The third-order valence-electron chi connectivity index (χ3n) is 4.64. The molecule has 132 valence electrons. The van der Waals surface area contributed by atoms with Crippen LogP contribution in [-0.4, -0.2) is 37.6 Å². The van der Waals surface area contributed by atoms with Crippen LogP contribution in [0.5, 0.6) is 0 Å². The van der Waals surface area contributed by atoms with E-state index in [9.17, 15) is 9.18 Å². The summed E-state index contributed by atoms with van der Waals surface area (Å²) in [5, 5.41) is 5.79. The Morgan fingerprint density at radius 2 is 2.08 bits per heavy atom. The number of carbonyl (C=O) groups is 1. The van der Waals surface area contributed by atoms with Gasteiger partial charge in [-0.15, -0.1) is 0 Å². The lowest BCUT2D eigenvalue weighted by molar-refractivity contribution is -0.153. The highest BCUT2D eigenvalue weighted by Crippen LogP contribution is 2.41. The fourth-order valence-corrected chi connectivity index (χ4v) is 3.34. The molecule has 3 unspecified atom stereocenters. The molecule has 1 aliphatic carbocycles. The third kappa shape index (κ3) is 4.24. The van der Waals surface area contributed by atoms with Crippen molar-refractivity contribution in [2.45, 2.75) is 44.4 Å². The molecule has 1 aromatic carbocycles. The molecule has 0 spiro atoms. The number of rotatable bonds is 6. The van der Waals surface area contributed by atoms with Crippen molar-refractivity contribution in [2.75, 3.05) is 19.8 Å². The van der Waals surface area contributed by atoms with Crippen LogP contribution in [0.3, 0.4) is 0 Å². The molecule has 3 rings (SSSR count). The molecule has 6 heteroatoms. The van der Waals surface area contributed by atoms with E-state index in [2.05, 4.69) is 17.6 Å². The maximum Gasteiger partial charge on any atom is 0.315 e. The molecule has 1 heterocycles. The second-order valence-corrected chi connectivity index (χ2v) is 6.96. The van der Waals surface area contributed by atoms with Gasteiger partial charge in [0.25, 0.3) is 0 Å². The molecule has 2 aliphatic rings. The van der Waals surface area contributed by atoms with Crippen LogP contribution >= 0.6 is 0 Å². The quantitative estimate of drug-likeness (QED) is 0.840. The van der Waals surface area contributed by atoms with Gasteiger partial charge in [0.2, 0.25) is 0 Å². The number of amides is 2. The van der Waals surface area contributed by atoms with E-state index in [1.165, 1.54) is 6.07 Å². The average molecular weight is 336 g/mol. The van der Waals surface area contributed by atoms with E-state index in [1.807, 2.05) is 13.0 Å². The Labute approximate surface area is 141 Å². The van der Waals surface area contributed by atoms with Gasteiger partial charge in [0, 0.05) is 24.9 Å². The van der Waals surface area contributed by atoms with Crippen LogP contribution in [0.25, 0.3) is 0 Å². The zero-order valence-electron chi connectivity index (χ0n) is 14.2. The Morgan fingerprint density at radius 3 is 2.79 bits per heavy atom. The largest absolute Gasteiger partial charge is 0.348 e. The van der Waals surface area contributed by atoms with E-state index < -0.39 is 5.79 Å². The van der Waals surface area contributed by atoms with Gasteiger partial charge in [-0.05, 0) is 30.9 Å². The van der Waals surface area contributed by atoms with Crippen molar-refractivity contribution >= 4 is 6.03 Å². The summed E-state index contributed by atoms with van der Waals surface area (Å²) in [7, 11) is 0. The first-order chi connectivity index (χ1) is 11.5. The molecule has 24 heavy (non-hydrogen) atoms. The van der Waals surface area contributed by atoms with Crippen molar-refractivity contribution in [1.82, 2.24) is 10.6 Å². The normalized spacial score (nSPS) is 26.0. The molecular formula is C18H25FN2O3. The summed E-state index contributed by atoms with van der Waals surface area (Å²) in [4.78, 5) is 12.0. The van der Waals surface area contributed by atoms with Gasteiger partial charge in [-0.2, -0.15) is 0 Å². The topological polar surface area (TPSA) is 59.6 Å². The minimum absolute atomic E-state index is 0.0104. The van der Waals surface area contributed by atoms with Gasteiger partial charge >= 0.3 is 6.03 Å². The van der Waals surface area contributed by atoms with E-state index in [1.54, 1.807) is 12.1 Å². The van der Waals surface area contributed by atoms with Crippen molar-refractivity contribution in [3.63, 3.8) is 0 Å². The molecule has 3 atom stereocenters. The van der Waals surface area contributed by atoms with Crippen molar-refractivity contribution < 1.29 is 18.7 Å². The highest BCUT2D eigenvalue weighted by Gasteiger charge is 2.41. The SMILES string of the molecule is CC(CNC(=O)NC1CC1c1ccccc1F)CC1(C)OCCO1. The molecule has 0 radical (unpaired) electrons. The number of benzene rings is 1. The number of hydrogen-bond acceptors (Lipinski definition) is 3. The summed E-state index contributed by atoms with van der Waals surface area (Å²) in [5.41, 5.74) is 0.680. The number of carbonyl (C=O) groups excluding carboxylic acids is 1. The van der Waals surface area contributed by atoms with Crippen molar-refractivity contribution in [3.05, 3.63) is 35.6 Å². The smallest absolute Gasteiger partial charge is 0.315 e. The predicted molar refractivity (Wildman–Crippen MR) is 88.2 cm³/mol. The zero-order valence-corrected chi connectivity index (χ0v) is 14.2. The maximum absolute atomic E-state index is 13.7. The van der Waals surface area contributed by atoms with Crippen LogP contribution in [0, 0.1) is 11.7 Å². The Kier molecular flexibility index (Phi) is 5.06. The van der Waals surface area contributed by atoms with E-state index in [4.69, 9.17) is 9.47 Å². The minimum atomic E-state index is -0.538. The van der Waals surface area contributed by atoms with Gasteiger partial charge in [-0.3, -0.25) is 0 Å². The van der Waals surface area contributed by atoms with Gasteiger partial charge < -0.3 is 20.1 Å². The lowest BCUT2D eigenvalue weighted by Gasteiger charge is -2.26. The molecule has 2 fully saturated rings. The molecule has 2 N–H and O–H groups in total. The molecule has 0 bridgehead atoms. The summed E-state index contributed by atoms with van der Waals surface area (Å²) in [5.74, 6) is -0.427. The molecule has 5 nitrogen and oxygen atoms in total. The van der Waals surface area contributed by atoms with Crippen LogP contribution in [-0.2, 0) is 9.47 Å². The van der Waals surface area contributed by atoms with Crippen LogP contribution in [0.15, 0.2) is 24.3 Å². The van der Waals surface area contributed by atoms with Gasteiger partial charge in [-0.25, -0.2) is 9.18 Å². The average Bonchev–Trinajstić information content (AvgIpc) is 3.16. The fraction of sp³-hybridized carbons (Fsp3) is 0.611. The molecule has 1 aromatic rings. The van der Waals surface area contributed by atoms with Gasteiger partial charge in [-0.1, -0.05) is 25.1 Å². The number of urea groups is 1. The van der Waals surface area contributed by atoms with Gasteiger partial charge in [0.05, 0.1) is 13.2 Å². The molecular weight excluding hydrogens is 311 g/mol. The van der Waals surface area contributed by atoms with Gasteiger partial charge in [0.15, 0.2) is 5.79 Å². The second-order valence-electron chi connectivity index (χ2n) is 6.96. The first kappa shape index (κ1) is 17.2. The summed E-state index contributed by atoms with van der Waals surface area (Å²) < 4.78 is 24.9. The maximum atomic E-state index is 13.7. The second kappa shape index (κ2) is 7.07. The Balaban J connectivity index is 1.38. The van der Waals surface area contributed by atoms with E-state index in [0.29, 0.717) is 25.3 Å². The first-order valence-electron chi connectivity index (χ1n) is 8.53.